The van der Waals surface area contributed by atoms with Gasteiger partial charge in [0, 0.05) is 97.3 Å². The topological polar surface area (TPSA) is 378 Å². The minimum atomic E-state index is -1.29. The fraction of sp³-hybridized carbons (Fsp3) is 0.600. The number of carbonyl (C=O) groups excluding carboxylic acids is 9. The normalized spacial score (nSPS) is 21.4. The number of esters is 8. The van der Waals surface area contributed by atoms with E-state index in [2.05, 4.69) is 10.0 Å². The second-order valence-corrected chi connectivity index (χ2v) is 18.7. The van der Waals surface area contributed by atoms with Crippen LogP contribution in [0.2, 0.25) is 0 Å². The Bertz CT molecular complexity index is 2620. The van der Waals surface area contributed by atoms with Crippen molar-refractivity contribution in [2.24, 2.45) is 17.0 Å². The number of methoxy groups -OCH3 is 2. The highest BCUT2D eigenvalue weighted by molar-refractivity contribution is 5.96. The van der Waals surface area contributed by atoms with E-state index in [1.54, 1.807) is 6.07 Å². The lowest BCUT2D eigenvalue weighted by atomic mass is 9.80. The Morgan fingerprint density at radius 3 is 1.24 bits per heavy atom. The third-order valence-corrected chi connectivity index (χ3v) is 12.1. The molecule has 2 aliphatic carbocycles. The standard InChI is InChI=1S/C32H45N3O14.C23H28O12/c1-20(36)45-19-25-18-29(31(47-22(3)38)32(48-23(4)39)30(25)46-21(2)37)49-27-9-8-24(17-28(27)41-5)26(40)7-6-11-42-13-15-44-16-14-43-12-10-34-35-33;1-11(24)31-10-16-9-19(35-17-7-6-15(23(28)29)8-18(17)30-5)21(33-13(3)26)22(34-14(4)27)20(16)32-12(2)25/h8-9,17,25,29-32H,6-7,10-16,18-19H2,1-5H3;6-8,16,19-22H,9-10H2,1-5H3,(H,28,29)/t25-,29?,30+,31+,32+;16-,19?,20+,21+,22+/m11/s1. The molecule has 2 fully saturated rings. The van der Waals surface area contributed by atoms with Gasteiger partial charge in [-0.25, -0.2) is 4.79 Å². The van der Waals surface area contributed by atoms with Crippen LogP contribution >= 0.6 is 0 Å². The number of hydrogen-bond donors (Lipinski definition) is 1. The summed E-state index contributed by atoms with van der Waals surface area (Å²) >= 11 is 0. The summed E-state index contributed by atoms with van der Waals surface area (Å²) < 4.78 is 82.4. The van der Waals surface area contributed by atoms with Crippen LogP contribution in [0.5, 0.6) is 23.0 Å². The predicted octanol–water partition coefficient (Wildman–Crippen LogP) is 4.66. The van der Waals surface area contributed by atoms with Gasteiger partial charge in [0.15, 0.2) is 53.2 Å². The van der Waals surface area contributed by atoms with E-state index in [4.69, 9.17) is 76.6 Å². The second-order valence-electron chi connectivity index (χ2n) is 18.7. The molecule has 2 aromatic rings. The summed E-state index contributed by atoms with van der Waals surface area (Å²) in [6, 6.07) is 8.54. The number of rotatable bonds is 31. The van der Waals surface area contributed by atoms with Crippen LogP contribution in [0.1, 0.15) is 102 Å². The second kappa shape index (κ2) is 36.3. The maximum Gasteiger partial charge on any atom is 0.335 e. The molecule has 10 atom stereocenters. The van der Waals surface area contributed by atoms with E-state index in [1.807, 2.05) is 0 Å². The number of Topliss-reactive ketones (excluding diaryl/α,β-unsaturated/α-hetero) is 1. The first kappa shape index (κ1) is 70.0. The molecule has 2 aliphatic rings. The third kappa shape index (κ3) is 24.3. The Hall–Kier alpha value is -8.27. The number of carboxylic acids is 1. The Kier molecular flexibility index (Phi) is 30.3. The fourth-order valence-electron chi connectivity index (χ4n) is 8.84. The van der Waals surface area contributed by atoms with Crippen molar-refractivity contribution in [3.8, 4) is 23.0 Å². The lowest BCUT2D eigenvalue weighted by molar-refractivity contribution is -0.213. The maximum absolute atomic E-state index is 12.9. The van der Waals surface area contributed by atoms with E-state index >= 15 is 0 Å². The van der Waals surface area contributed by atoms with Gasteiger partial charge in [-0.15, -0.1) is 0 Å². The highest BCUT2D eigenvalue weighted by Crippen LogP contribution is 2.40. The molecule has 29 nitrogen and oxygen atoms in total. The molecule has 0 heterocycles. The number of benzene rings is 2. The molecular weight excluding hydrogens is 1120 g/mol. The first-order chi connectivity index (χ1) is 39.9. The zero-order valence-electron chi connectivity index (χ0n) is 48.4. The summed E-state index contributed by atoms with van der Waals surface area (Å²) in [5.41, 5.74) is 8.52. The minimum Gasteiger partial charge on any atom is -0.493 e. The molecule has 84 heavy (non-hydrogen) atoms. The van der Waals surface area contributed by atoms with Crippen molar-refractivity contribution >= 4 is 59.5 Å². The monoisotopic (exact) mass is 1190 g/mol. The molecule has 0 radical (unpaired) electrons. The summed E-state index contributed by atoms with van der Waals surface area (Å²) in [6.45, 7) is 11.4. The lowest BCUT2D eigenvalue weighted by Gasteiger charge is -2.44. The van der Waals surface area contributed by atoms with E-state index in [0.717, 1.165) is 27.7 Å². The van der Waals surface area contributed by atoms with Crippen molar-refractivity contribution in [3.63, 3.8) is 0 Å². The number of ether oxygens (including phenoxy) is 15. The molecule has 2 unspecified atom stereocenters. The highest BCUT2D eigenvalue weighted by atomic mass is 16.6. The molecule has 464 valence electrons. The number of azide groups is 1. The van der Waals surface area contributed by atoms with Crippen LogP contribution in [-0.4, -0.2) is 187 Å². The molecule has 2 aromatic carbocycles. The average Bonchev–Trinajstić information content (AvgIpc) is 3.60. The van der Waals surface area contributed by atoms with Crippen molar-refractivity contribution in [1.82, 2.24) is 0 Å². The number of nitrogens with zero attached hydrogens (tertiary/aromatic N) is 3. The van der Waals surface area contributed by atoms with E-state index in [1.165, 1.54) is 72.2 Å². The first-order valence-electron chi connectivity index (χ1n) is 26.4. The van der Waals surface area contributed by atoms with Crippen molar-refractivity contribution in [2.45, 2.75) is 130 Å². The Morgan fingerprint density at radius 1 is 0.488 bits per heavy atom. The van der Waals surface area contributed by atoms with Crippen LogP contribution < -0.4 is 18.9 Å². The molecule has 1 N–H and O–H groups in total. The average molecular weight is 1190 g/mol. The fourth-order valence-corrected chi connectivity index (χ4v) is 8.84. The first-order valence-corrected chi connectivity index (χ1v) is 26.4. The third-order valence-electron chi connectivity index (χ3n) is 12.1. The summed E-state index contributed by atoms with van der Waals surface area (Å²) in [5, 5.41) is 12.6. The van der Waals surface area contributed by atoms with Crippen molar-refractivity contribution in [1.29, 1.82) is 0 Å². The van der Waals surface area contributed by atoms with E-state index in [-0.39, 0.29) is 73.4 Å². The van der Waals surface area contributed by atoms with E-state index < -0.39 is 114 Å². The molecule has 0 aliphatic heterocycles. The number of carbonyl (C=O) groups is 10. The number of ketones is 1. The van der Waals surface area contributed by atoms with Gasteiger partial charge in [0.2, 0.25) is 0 Å². The van der Waals surface area contributed by atoms with Crippen molar-refractivity contribution < 1.29 is 124 Å². The Morgan fingerprint density at radius 2 is 0.857 bits per heavy atom. The largest absolute Gasteiger partial charge is 0.493 e. The van der Waals surface area contributed by atoms with Crippen LogP contribution in [0.3, 0.4) is 0 Å². The van der Waals surface area contributed by atoms with Crippen LogP contribution in [0.25, 0.3) is 10.4 Å². The Labute approximate surface area is 483 Å². The SMILES string of the molecule is COc1cc(C(=O)CCCOCCOCCOCCN=[N+]=[N-])ccc1OC1C[C@H](COC(C)=O)[C@H](OC(C)=O)[C@H](OC(C)=O)[C@H]1OC(C)=O.COc1cc(C(=O)O)ccc1OC1C[C@H](COC(C)=O)[C@H](OC(C)=O)[C@H](OC(C)=O)[C@H]1OC(C)=O. The van der Waals surface area contributed by atoms with E-state index in [9.17, 15) is 53.1 Å². The van der Waals surface area contributed by atoms with Crippen LogP contribution in [0.4, 0.5) is 0 Å². The van der Waals surface area contributed by atoms with Gasteiger partial charge in [0.25, 0.3) is 0 Å². The molecule has 0 saturated heterocycles. The molecule has 0 bridgehead atoms. The predicted molar refractivity (Wildman–Crippen MR) is 285 cm³/mol. The van der Waals surface area contributed by atoms with Crippen LogP contribution in [0.15, 0.2) is 41.5 Å². The molecule has 0 amide bonds. The zero-order valence-corrected chi connectivity index (χ0v) is 48.4. The Balaban J connectivity index is 0.000000465. The lowest BCUT2D eigenvalue weighted by Crippen LogP contribution is -2.60. The molecule has 4 rings (SSSR count). The summed E-state index contributed by atoms with van der Waals surface area (Å²) in [5.74, 6) is -7.52. The van der Waals surface area contributed by atoms with Gasteiger partial charge in [0.05, 0.1) is 66.0 Å². The van der Waals surface area contributed by atoms with Gasteiger partial charge in [-0.05, 0) is 61.2 Å². The number of aromatic carboxylic acids is 1. The maximum atomic E-state index is 12.9. The van der Waals surface area contributed by atoms with Gasteiger partial charge in [-0.3, -0.25) is 43.2 Å². The summed E-state index contributed by atoms with van der Waals surface area (Å²) in [7, 11) is 2.72. The smallest absolute Gasteiger partial charge is 0.335 e. The van der Waals surface area contributed by atoms with Gasteiger partial charge < -0.3 is 76.2 Å². The van der Waals surface area contributed by atoms with Gasteiger partial charge >= 0.3 is 53.7 Å². The highest BCUT2D eigenvalue weighted by Gasteiger charge is 2.54. The quantitative estimate of drug-likeness (QED) is 0.0204. The van der Waals surface area contributed by atoms with Gasteiger partial charge in [-0.2, -0.15) is 0 Å². The summed E-state index contributed by atoms with van der Waals surface area (Å²) in [6.07, 6.45) is -8.44. The van der Waals surface area contributed by atoms with Crippen LogP contribution in [0, 0.1) is 11.8 Å². The molecular formula is C55H73N3O26. The van der Waals surface area contributed by atoms with Gasteiger partial charge in [-0.1, -0.05) is 5.11 Å². The molecule has 29 heteroatoms. The van der Waals surface area contributed by atoms with Crippen molar-refractivity contribution in [2.75, 3.05) is 73.6 Å². The van der Waals surface area contributed by atoms with Crippen molar-refractivity contribution in [3.05, 3.63) is 58.0 Å². The van der Waals surface area contributed by atoms with Crippen LogP contribution in [-0.2, 0) is 90.5 Å². The minimum absolute atomic E-state index is 0.0464. The number of hydrogen-bond acceptors (Lipinski definition) is 26. The molecule has 0 spiro atoms. The number of carboxylic acid groups (broad SMARTS) is 1. The zero-order chi connectivity index (χ0) is 62.5. The molecule has 0 aromatic heterocycles. The molecule has 2 saturated carbocycles. The van der Waals surface area contributed by atoms with Gasteiger partial charge in [0.1, 0.15) is 24.4 Å². The van der Waals surface area contributed by atoms with E-state index in [0.29, 0.717) is 51.6 Å². The summed E-state index contributed by atoms with van der Waals surface area (Å²) in [4.78, 5) is 122.